The number of benzene rings is 1. The molecule has 18 heavy (non-hydrogen) atoms. The van der Waals surface area contributed by atoms with E-state index in [1.165, 1.54) is 17.8 Å². The standard InChI is InChI=1S/C14H14N2O2/c1-2-10-3-6-12(7-4-10)16-13-8-5-11(9-15-13)14(17)18/h3-9H,2H2,1H3,(H,15,16)(H,17,18). The van der Waals surface area contributed by atoms with Crippen molar-refractivity contribution >= 4 is 17.5 Å². The van der Waals surface area contributed by atoms with E-state index in [1.54, 1.807) is 6.07 Å². The summed E-state index contributed by atoms with van der Waals surface area (Å²) in [5.74, 6) is -0.342. The van der Waals surface area contributed by atoms with Crippen molar-refractivity contribution in [1.82, 2.24) is 4.98 Å². The second kappa shape index (κ2) is 5.31. The van der Waals surface area contributed by atoms with Gasteiger partial charge in [0.15, 0.2) is 0 Å². The summed E-state index contributed by atoms with van der Waals surface area (Å²) in [6, 6.07) is 11.2. The van der Waals surface area contributed by atoms with Crippen LogP contribution < -0.4 is 5.32 Å². The monoisotopic (exact) mass is 242 g/mol. The minimum atomic E-state index is -0.971. The first-order valence-corrected chi connectivity index (χ1v) is 5.74. The van der Waals surface area contributed by atoms with Gasteiger partial charge in [0, 0.05) is 11.9 Å². The molecule has 0 radical (unpaired) electrons. The average Bonchev–Trinajstić information content (AvgIpc) is 2.40. The molecule has 0 spiro atoms. The first-order chi connectivity index (χ1) is 8.69. The fourth-order valence-electron chi connectivity index (χ4n) is 1.57. The van der Waals surface area contributed by atoms with Crippen molar-refractivity contribution in [3.05, 3.63) is 53.7 Å². The van der Waals surface area contributed by atoms with Crippen LogP contribution in [0.25, 0.3) is 0 Å². The summed E-state index contributed by atoms with van der Waals surface area (Å²) in [4.78, 5) is 14.7. The Morgan fingerprint density at radius 3 is 2.44 bits per heavy atom. The number of nitrogens with one attached hydrogen (secondary N) is 1. The Morgan fingerprint density at radius 1 is 1.22 bits per heavy atom. The molecule has 2 rings (SSSR count). The Balaban J connectivity index is 2.10. The summed E-state index contributed by atoms with van der Waals surface area (Å²) in [6.07, 6.45) is 2.34. The third-order valence-electron chi connectivity index (χ3n) is 2.65. The Labute approximate surface area is 105 Å². The summed E-state index contributed by atoms with van der Waals surface area (Å²) >= 11 is 0. The minimum Gasteiger partial charge on any atom is -0.478 e. The Kier molecular flexibility index (Phi) is 3.57. The minimum absolute atomic E-state index is 0.182. The Morgan fingerprint density at radius 2 is 1.94 bits per heavy atom. The number of aryl methyl sites for hydroxylation is 1. The molecule has 0 unspecified atom stereocenters. The molecule has 4 nitrogen and oxygen atoms in total. The lowest BCUT2D eigenvalue weighted by molar-refractivity contribution is 0.0696. The van der Waals surface area contributed by atoms with Crippen LogP contribution in [0.2, 0.25) is 0 Å². The van der Waals surface area contributed by atoms with Crippen LogP contribution >= 0.6 is 0 Å². The maximum Gasteiger partial charge on any atom is 0.337 e. The lowest BCUT2D eigenvalue weighted by Crippen LogP contribution is -1.99. The molecule has 1 aromatic carbocycles. The van der Waals surface area contributed by atoms with Gasteiger partial charge in [-0.25, -0.2) is 9.78 Å². The highest BCUT2D eigenvalue weighted by molar-refractivity contribution is 5.87. The fraction of sp³-hybridized carbons (Fsp3) is 0.143. The van der Waals surface area contributed by atoms with E-state index in [-0.39, 0.29) is 5.56 Å². The second-order valence-corrected chi connectivity index (χ2v) is 3.91. The van der Waals surface area contributed by atoms with Gasteiger partial charge in [0.1, 0.15) is 5.82 Å². The molecule has 0 atom stereocenters. The highest BCUT2D eigenvalue weighted by Gasteiger charge is 2.02. The molecule has 0 saturated carbocycles. The molecule has 0 amide bonds. The molecule has 1 heterocycles. The van der Waals surface area contributed by atoms with Crippen molar-refractivity contribution in [2.24, 2.45) is 0 Å². The normalized spacial score (nSPS) is 10.1. The number of aromatic carboxylic acids is 1. The van der Waals surface area contributed by atoms with E-state index in [9.17, 15) is 4.79 Å². The number of carboxylic acid groups (broad SMARTS) is 1. The Bertz CT molecular complexity index is 533. The summed E-state index contributed by atoms with van der Waals surface area (Å²) in [5, 5.41) is 11.9. The van der Waals surface area contributed by atoms with Crippen molar-refractivity contribution in [1.29, 1.82) is 0 Å². The van der Waals surface area contributed by atoms with E-state index < -0.39 is 5.97 Å². The molecular weight excluding hydrogens is 228 g/mol. The SMILES string of the molecule is CCc1ccc(Nc2ccc(C(=O)O)cn2)cc1. The first kappa shape index (κ1) is 12.1. The lowest BCUT2D eigenvalue weighted by atomic mass is 10.1. The zero-order valence-electron chi connectivity index (χ0n) is 10.1. The molecule has 0 aliphatic heterocycles. The van der Waals surface area contributed by atoms with Crippen LogP contribution in [0.1, 0.15) is 22.8 Å². The van der Waals surface area contributed by atoms with Gasteiger partial charge in [0.2, 0.25) is 0 Å². The molecule has 0 fully saturated rings. The summed E-state index contributed by atoms with van der Waals surface area (Å²) in [7, 11) is 0. The van der Waals surface area contributed by atoms with Gasteiger partial charge in [-0.05, 0) is 36.2 Å². The van der Waals surface area contributed by atoms with Gasteiger partial charge in [-0.3, -0.25) is 0 Å². The van der Waals surface area contributed by atoms with E-state index in [0.717, 1.165) is 12.1 Å². The zero-order valence-corrected chi connectivity index (χ0v) is 10.1. The molecule has 92 valence electrons. The largest absolute Gasteiger partial charge is 0.478 e. The predicted octanol–water partition coefficient (Wildman–Crippen LogP) is 3.09. The smallest absolute Gasteiger partial charge is 0.337 e. The molecule has 0 aliphatic rings. The third-order valence-corrected chi connectivity index (χ3v) is 2.65. The number of aromatic nitrogens is 1. The number of pyridine rings is 1. The van der Waals surface area contributed by atoms with Crippen LogP contribution in [0.4, 0.5) is 11.5 Å². The summed E-state index contributed by atoms with van der Waals surface area (Å²) < 4.78 is 0. The number of carboxylic acids is 1. The van der Waals surface area contributed by atoms with Gasteiger partial charge in [-0.15, -0.1) is 0 Å². The Hall–Kier alpha value is -2.36. The van der Waals surface area contributed by atoms with E-state index in [1.807, 2.05) is 24.3 Å². The molecule has 2 aromatic rings. The topological polar surface area (TPSA) is 62.2 Å². The predicted molar refractivity (Wildman–Crippen MR) is 70.3 cm³/mol. The van der Waals surface area contributed by atoms with Gasteiger partial charge in [0.05, 0.1) is 5.56 Å². The van der Waals surface area contributed by atoms with Crippen LogP contribution in [-0.4, -0.2) is 16.1 Å². The highest BCUT2D eigenvalue weighted by atomic mass is 16.4. The molecule has 0 aliphatic carbocycles. The molecule has 0 bridgehead atoms. The van der Waals surface area contributed by atoms with Crippen LogP contribution in [0.5, 0.6) is 0 Å². The number of rotatable bonds is 4. The second-order valence-electron chi connectivity index (χ2n) is 3.91. The van der Waals surface area contributed by atoms with Gasteiger partial charge in [-0.2, -0.15) is 0 Å². The van der Waals surface area contributed by atoms with E-state index in [2.05, 4.69) is 17.2 Å². The molecular formula is C14H14N2O2. The van der Waals surface area contributed by atoms with Crippen molar-refractivity contribution in [2.45, 2.75) is 13.3 Å². The van der Waals surface area contributed by atoms with E-state index in [0.29, 0.717) is 5.82 Å². The highest BCUT2D eigenvalue weighted by Crippen LogP contribution is 2.15. The van der Waals surface area contributed by atoms with Crippen molar-refractivity contribution in [2.75, 3.05) is 5.32 Å². The fourth-order valence-corrected chi connectivity index (χ4v) is 1.57. The molecule has 0 saturated heterocycles. The van der Waals surface area contributed by atoms with Crippen molar-refractivity contribution in [3.63, 3.8) is 0 Å². The maximum atomic E-state index is 10.7. The molecule has 2 N–H and O–H groups in total. The number of hydrogen-bond donors (Lipinski definition) is 2. The third kappa shape index (κ3) is 2.85. The van der Waals surface area contributed by atoms with E-state index in [4.69, 9.17) is 5.11 Å². The maximum absolute atomic E-state index is 10.7. The lowest BCUT2D eigenvalue weighted by Gasteiger charge is -2.06. The van der Waals surface area contributed by atoms with Crippen LogP contribution in [-0.2, 0) is 6.42 Å². The number of nitrogens with zero attached hydrogens (tertiary/aromatic N) is 1. The van der Waals surface area contributed by atoms with Gasteiger partial charge < -0.3 is 10.4 Å². The van der Waals surface area contributed by atoms with Crippen LogP contribution in [0.3, 0.4) is 0 Å². The molecule has 1 aromatic heterocycles. The van der Waals surface area contributed by atoms with Gasteiger partial charge >= 0.3 is 5.97 Å². The number of anilines is 2. The summed E-state index contributed by atoms with van der Waals surface area (Å²) in [5.41, 5.74) is 2.39. The van der Waals surface area contributed by atoms with Crippen molar-refractivity contribution < 1.29 is 9.90 Å². The molecule has 4 heteroatoms. The van der Waals surface area contributed by atoms with Crippen LogP contribution in [0.15, 0.2) is 42.6 Å². The first-order valence-electron chi connectivity index (χ1n) is 5.74. The number of hydrogen-bond acceptors (Lipinski definition) is 3. The van der Waals surface area contributed by atoms with Gasteiger partial charge in [-0.1, -0.05) is 19.1 Å². The zero-order chi connectivity index (χ0) is 13.0. The van der Waals surface area contributed by atoms with Gasteiger partial charge in [0.25, 0.3) is 0 Å². The van der Waals surface area contributed by atoms with Crippen LogP contribution in [0, 0.1) is 0 Å². The summed E-state index contributed by atoms with van der Waals surface area (Å²) in [6.45, 7) is 2.11. The average molecular weight is 242 g/mol. The number of carbonyl (C=O) groups is 1. The quantitative estimate of drug-likeness (QED) is 0.864. The van der Waals surface area contributed by atoms with Crippen molar-refractivity contribution in [3.8, 4) is 0 Å². The van der Waals surface area contributed by atoms with E-state index >= 15 is 0 Å².